The lowest BCUT2D eigenvalue weighted by molar-refractivity contribution is -0.135. The number of nitrogens with zero attached hydrogens (tertiary/aromatic N) is 1. The van der Waals surface area contributed by atoms with E-state index in [-0.39, 0.29) is 0 Å². The molecule has 5 fully saturated rings. The van der Waals surface area contributed by atoms with E-state index >= 15 is 0 Å². The van der Waals surface area contributed by atoms with Crippen LogP contribution in [0.15, 0.2) is 0 Å². The summed E-state index contributed by atoms with van der Waals surface area (Å²) >= 11 is 0. The quantitative estimate of drug-likeness (QED) is 0.591. The molecule has 0 aromatic heterocycles. The molecule has 0 spiro atoms. The molecule has 0 aromatic carbocycles. The maximum Gasteiger partial charge on any atom is 0.222 e. The van der Waals surface area contributed by atoms with E-state index < -0.39 is 0 Å². The molecule has 2 nitrogen and oxygen atoms in total. The highest BCUT2D eigenvalue weighted by Crippen LogP contribution is 2.64. The lowest BCUT2D eigenvalue weighted by atomic mass is 9.49. The van der Waals surface area contributed by atoms with Crippen LogP contribution >= 0.6 is 0 Å². The molecule has 0 bridgehead atoms. The molecule has 0 aromatic rings. The second-order valence-electron chi connectivity index (χ2n) is 11.5. The number of carbonyl (C=O) groups is 1. The van der Waals surface area contributed by atoms with E-state index in [1.54, 1.807) is 0 Å². The third-order valence-corrected chi connectivity index (χ3v) is 10.3. The van der Waals surface area contributed by atoms with Gasteiger partial charge < -0.3 is 4.90 Å². The second-order valence-corrected chi connectivity index (χ2v) is 11.5. The van der Waals surface area contributed by atoms with E-state index in [1.165, 1.54) is 64.2 Å². The van der Waals surface area contributed by atoms with Gasteiger partial charge in [-0.2, -0.15) is 0 Å². The Morgan fingerprint density at radius 2 is 1.81 bits per heavy atom. The highest BCUT2D eigenvalue weighted by molar-refractivity contribution is 5.76. The van der Waals surface area contributed by atoms with Crippen LogP contribution in [0.4, 0.5) is 0 Å². The first-order valence-corrected chi connectivity index (χ1v) is 12.3. The largest absolute Gasteiger partial charge is 0.342 e. The van der Waals surface area contributed by atoms with Crippen LogP contribution in [0.2, 0.25) is 0 Å². The Balaban J connectivity index is 1.30. The van der Waals surface area contributed by atoms with Crippen LogP contribution in [-0.2, 0) is 4.79 Å². The van der Waals surface area contributed by atoms with Gasteiger partial charge in [0, 0.05) is 19.5 Å². The number of likely N-dealkylation sites (tertiary alicyclic amines) is 1. The Morgan fingerprint density at radius 3 is 2.67 bits per heavy atom. The fraction of sp³-hybridized carbons (Fsp3) is 0.960. The number of hydrogen-bond acceptors (Lipinski definition) is 1. The van der Waals surface area contributed by atoms with Crippen molar-refractivity contribution in [2.24, 2.45) is 46.8 Å². The Labute approximate surface area is 166 Å². The van der Waals surface area contributed by atoms with Crippen molar-refractivity contribution >= 4 is 5.91 Å². The fourth-order valence-corrected chi connectivity index (χ4v) is 8.82. The van der Waals surface area contributed by atoms with Crippen LogP contribution in [0.1, 0.15) is 90.9 Å². The van der Waals surface area contributed by atoms with Gasteiger partial charge in [-0.3, -0.25) is 4.79 Å². The van der Waals surface area contributed by atoms with Crippen molar-refractivity contribution in [3.63, 3.8) is 0 Å². The van der Waals surface area contributed by atoms with Gasteiger partial charge in [0.2, 0.25) is 5.91 Å². The van der Waals surface area contributed by atoms with Crippen molar-refractivity contribution in [2.45, 2.75) is 90.9 Å². The molecule has 27 heavy (non-hydrogen) atoms. The minimum Gasteiger partial charge on any atom is -0.342 e. The van der Waals surface area contributed by atoms with Crippen LogP contribution in [0.25, 0.3) is 0 Å². The predicted octanol–water partition coefficient (Wildman–Crippen LogP) is 5.90. The van der Waals surface area contributed by atoms with Crippen molar-refractivity contribution in [2.75, 3.05) is 13.1 Å². The average molecular weight is 372 g/mol. The van der Waals surface area contributed by atoms with Crippen LogP contribution in [0, 0.1) is 46.8 Å². The van der Waals surface area contributed by atoms with Crippen LogP contribution in [0.3, 0.4) is 0 Å². The number of hydrogen-bond donors (Lipinski definition) is 0. The Bertz CT molecular complexity index is 573. The highest BCUT2D eigenvalue weighted by Gasteiger charge is 2.57. The molecule has 1 amide bonds. The van der Waals surface area contributed by atoms with E-state index in [2.05, 4.69) is 18.7 Å². The summed E-state index contributed by atoms with van der Waals surface area (Å²) in [7, 11) is 0. The fourth-order valence-electron chi connectivity index (χ4n) is 8.82. The van der Waals surface area contributed by atoms with Crippen molar-refractivity contribution < 1.29 is 4.79 Å². The van der Waals surface area contributed by atoms with E-state index in [0.29, 0.717) is 11.3 Å². The Morgan fingerprint density at radius 1 is 0.963 bits per heavy atom. The molecule has 0 radical (unpaired) electrons. The molecule has 1 saturated heterocycles. The van der Waals surface area contributed by atoms with Gasteiger partial charge >= 0.3 is 0 Å². The molecule has 8 unspecified atom stereocenters. The number of fused-ring (bicyclic) bond motifs is 5. The third-order valence-electron chi connectivity index (χ3n) is 10.3. The molecule has 4 aliphatic carbocycles. The minimum atomic E-state index is 0.443. The van der Waals surface area contributed by atoms with Gasteiger partial charge in [-0.1, -0.05) is 20.3 Å². The summed E-state index contributed by atoms with van der Waals surface area (Å²) in [5, 5.41) is 0. The zero-order valence-electron chi connectivity index (χ0n) is 17.8. The molecular formula is C25H41NO. The molecule has 5 rings (SSSR count). The molecule has 5 aliphatic rings. The number of piperidine rings is 1. The van der Waals surface area contributed by atoms with E-state index in [4.69, 9.17) is 0 Å². The maximum absolute atomic E-state index is 12.4. The molecule has 152 valence electrons. The second kappa shape index (κ2) is 7.06. The number of rotatable bonds is 2. The number of amides is 1. The molecule has 1 heterocycles. The summed E-state index contributed by atoms with van der Waals surface area (Å²) in [5.74, 6) is 7.34. The zero-order chi connectivity index (χ0) is 18.6. The van der Waals surface area contributed by atoms with Crippen molar-refractivity contribution in [1.82, 2.24) is 4.90 Å². The SMILES string of the molecule is CC1CCC2C(CCC3C2CCC2(C)C(CN4CCCCC4=O)CCC32)C1. The maximum atomic E-state index is 12.4. The topological polar surface area (TPSA) is 20.3 Å². The van der Waals surface area contributed by atoms with Crippen LogP contribution in [0.5, 0.6) is 0 Å². The standard InChI is InChI=1S/C25H41NO/c1-17-6-9-20-18(15-17)7-10-22-21(20)12-13-25(2)19(8-11-23(22)25)16-26-14-4-3-5-24(26)27/h17-23H,3-16H2,1-2H3. The van der Waals surface area contributed by atoms with Crippen molar-refractivity contribution in [1.29, 1.82) is 0 Å². The predicted molar refractivity (Wildman–Crippen MR) is 110 cm³/mol. The van der Waals surface area contributed by atoms with Gasteiger partial charge in [0.15, 0.2) is 0 Å². The molecule has 4 saturated carbocycles. The van der Waals surface area contributed by atoms with Crippen molar-refractivity contribution in [3.8, 4) is 0 Å². The monoisotopic (exact) mass is 371 g/mol. The Hall–Kier alpha value is -0.530. The highest BCUT2D eigenvalue weighted by atomic mass is 16.2. The average Bonchev–Trinajstić information content (AvgIpc) is 2.99. The Kier molecular flexibility index (Phi) is 4.84. The van der Waals surface area contributed by atoms with Crippen LogP contribution in [-0.4, -0.2) is 23.9 Å². The van der Waals surface area contributed by atoms with E-state index in [1.807, 2.05) is 0 Å². The number of carbonyl (C=O) groups excluding carboxylic acids is 1. The summed E-state index contributed by atoms with van der Waals surface area (Å²) in [6.07, 6.45) is 16.5. The molecular weight excluding hydrogens is 330 g/mol. The van der Waals surface area contributed by atoms with E-state index in [9.17, 15) is 4.79 Å². The first kappa shape index (κ1) is 18.5. The van der Waals surface area contributed by atoms with Crippen molar-refractivity contribution in [3.05, 3.63) is 0 Å². The first-order chi connectivity index (χ1) is 13.1. The van der Waals surface area contributed by atoms with E-state index in [0.717, 1.165) is 67.4 Å². The third kappa shape index (κ3) is 3.08. The smallest absolute Gasteiger partial charge is 0.222 e. The summed E-state index contributed by atoms with van der Waals surface area (Å²) in [4.78, 5) is 14.6. The summed E-state index contributed by atoms with van der Waals surface area (Å²) < 4.78 is 0. The normalized spacial score (nSPS) is 50.1. The molecule has 2 heteroatoms. The lowest BCUT2D eigenvalue weighted by Gasteiger charge is -2.56. The zero-order valence-corrected chi connectivity index (χ0v) is 17.8. The van der Waals surface area contributed by atoms with Gasteiger partial charge in [0.25, 0.3) is 0 Å². The minimum absolute atomic E-state index is 0.443. The van der Waals surface area contributed by atoms with Gasteiger partial charge in [0.05, 0.1) is 0 Å². The lowest BCUT2D eigenvalue weighted by Crippen LogP contribution is -2.50. The van der Waals surface area contributed by atoms with Gasteiger partial charge in [-0.15, -0.1) is 0 Å². The van der Waals surface area contributed by atoms with Gasteiger partial charge in [0.1, 0.15) is 0 Å². The van der Waals surface area contributed by atoms with Crippen LogP contribution < -0.4 is 0 Å². The molecule has 0 N–H and O–H groups in total. The first-order valence-electron chi connectivity index (χ1n) is 12.3. The summed E-state index contributed by atoms with van der Waals surface area (Å²) in [5.41, 5.74) is 0.522. The molecule has 1 aliphatic heterocycles. The van der Waals surface area contributed by atoms with Gasteiger partial charge in [-0.05, 0) is 111 Å². The van der Waals surface area contributed by atoms with Gasteiger partial charge in [-0.25, -0.2) is 0 Å². The summed E-state index contributed by atoms with van der Waals surface area (Å²) in [6, 6.07) is 0. The summed E-state index contributed by atoms with van der Waals surface area (Å²) in [6.45, 7) is 7.23. The molecule has 8 atom stereocenters.